The Bertz CT molecular complexity index is 302. The van der Waals surface area contributed by atoms with Crippen molar-refractivity contribution in [3.8, 4) is 0 Å². The number of rotatable bonds is 4. The average Bonchev–Trinajstić information content (AvgIpc) is 2.18. The topological polar surface area (TPSA) is 26.0 Å². The predicted molar refractivity (Wildman–Crippen MR) is 64.8 cm³/mol. The van der Waals surface area contributed by atoms with Gasteiger partial charge in [-0.3, -0.25) is 0 Å². The first-order valence-corrected chi connectivity index (χ1v) is 5.17. The maximum absolute atomic E-state index is 13.2. The van der Waals surface area contributed by atoms with E-state index in [2.05, 4.69) is 6.92 Å². The minimum atomic E-state index is -0.158. The van der Waals surface area contributed by atoms with Crippen molar-refractivity contribution in [2.24, 2.45) is 5.73 Å². The molecule has 3 heteroatoms. The third kappa shape index (κ3) is 3.80. The lowest BCUT2D eigenvalue weighted by Crippen LogP contribution is -2.12. The van der Waals surface area contributed by atoms with Gasteiger partial charge in [0.05, 0.1) is 0 Å². The number of hydrogen-bond acceptors (Lipinski definition) is 1. The molecule has 1 rings (SSSR count). The van der Waals surface area contributed by atoms with Crippen molar-refractivity contribution in [2.45, 2.75) is 39.2 Å². The van der Waals surface area contributed by atoms with Crippen LogP contribution in [0.15, 0.2) is 18.2 Å². The molecule has 0 amide bonds. The lowest BCUT2D eigenvalue weighted by Gasteiger charge is -2.14. The van der Waals surface area contributed by atoms with Crippen molar-refractivity contribution in [3.63, 3.8) is 0 Å². The molecular weight excluding hydrogens is 213 g/mol. The van der Waals surface area contributed by atoms with Crippen molar-refractivity contribution >= 4 is 12.4 Å². The molecule has 1 nitrogen and oxygen atoms in total. The fraction of sp³-hybridized carbons (Fsp3) is 0.500. The summed E-state index contributed by atoms with van der Waals surface area (Å²) in [5, 5.41) is 0. The Kier molecular flexibility index (Phi) is 6.53. The number of hydrogen-bond donors (Lipinski definition) is 1. The fourth-order valence-electron chi connectivity index (χ4n) is 1.61. The zero-order valence-corrected chi connectivity index (χ0v) is 10.1. The number of halogens is 2. The molecule has 1 aromatic carbocycles. The average molecular weight is 232 g/mol. The van der Waals surface area contributed by atoms with Gasteiger partial charge < -0.3 is 5.73 Å². The van der Waals surface area contributed by atoms with Gasteiger partial charge in [0.15, 0.2) is 0 Å². The molecule has 86 valence electrons. The molecule has 2 N–H and O–H groups in total. The number of unbranched alkanes of at least 4 members (excludes halogenated alkanes) is 1. The summed E-state index contributed by atoms with van der Waals surface area (Å²) in [6.45, 7) is 3.92. The van der Waals surface area contributed by atoms with Gasteiger partial charge in [0.25, 0.3) is 0 Å². The monoisotopic (exact) mass is 231 g/mol. The summed E-state index contributed by atoms with van der Waals surface area (Å²) in [4.78, 5) is 0. The van der Waals surface area contributed by atoms with Crippen molar-refractivity contribution in [3.05, 3.63) is 35.1 Å². The van der Waals surface area contributed by atoms with E-state index >= 15 is 0 Å². The van der Waals surface area contributed by atoms with Crippen LogP contribution < -0.4 is 5.73 Å². The van der Waals surface area contributed by atoms with Gasteiger partial charge in [-0.1, -0.05) is 31.9 Å². The molecule has 0 saturated carbocycles. The van der Waals surface area contributed by atoms with E-state index in [9.17, 15) is 4.39 Å². The van der Waals surface area contributed by atoms with Crippen LogP contribution in [-0.2, 0) is 0 Å². The van der Waals surface area contributed by atoms with E-state index < -0.39 is 0 Å². The molecule has 0 aliphatic heterocycles. The van der Waals surface area contributed by atoms with Crippen molar-refractivity contribution < 1.29 is 4.39 Å². The van der Waals surface area contributed by atoms with Crippen molar-refractivity contribution in [1.82, 2.24) is 0 Å². The lowest BCUT2D eigenvalue weighted by molar-refractivity contribution is 0.580. The van der Waals surface area contributed by atoms with Gasteiger partial charge in [0.2, 0.25) is 0 Å². The first-order valence-electron chi connectivity index (χ1n) is 5.17. The van der Waals surface area contributed by atoms with Gasteiger partial charge in [-0.05, 0) is 30.5 Å². The maximum Gasteiger partial charge on any atom is 0.126 e. The molecular formula is C12H19ClFN. The van der Waals surface area contributed by atoms with E-state index in [1.807, 2.05) is 6.07 Å². The van der Waals surface area contributed by atoms with Crippen LogP contribution >= 0.6 is 12.4 Å². The maximum atomic E-state index is 13.2. The molecule has 0 bridgehead atoms. The second-order valence-electron chi connectivity index (χ2n) is 3.70. The molecule has 0 saturated heterocycles. The largest absolute Gasteiger partial charge is 0.324 e. The zero-order valence-electron chi connectivity index (χ0n) is 9.29. The highest BCUT2D eigenvalue weighted by molar-refractivity contribution is 5.85. The Morgan fingerprint density at radius 3 is 2.67 bits per heavy atom. The van der Waals surface area contributed by atoms with E-state index in [4.69, 9.17) is 5.73 Å². The predicted octanol–water partition coefficient (Wildman–Crippen LogP) is 3.75. The summed E-state index contributed by atoms with van der Waals surface area (Å²) in [7, 11) is 0. The summed E-state index contributed by atoms with van der Waals surface area (Å²) in [5.74, 6) is -0.158. The highest BCUT2D eigenvalue weighted by Gasteiger charge is 2.10. The molecule has 0 radical (unpaired) electrons. The lowest BCUT2D eigenvalue weighted by atomic mass is 9.97. The Labute approximate surface area is 97.3 Å². The molecule has 0 aliphatic rings. The molecule has 15 heavy (non-hydrogen) atoms. The minimum absolute atomic E-state index is 0. The highest BCUT2D eigenvalue weighted by atomic mass is 35.5. The fourth-order valence-corrected chi connectivity index (χ4v) is 1.61. The molecule has 0 fully saturated rings. The minimum Gasteiger partial charge on any atom is -0.324 e. The summed E-state index contributed by atoms with van der Waals surface area (Å²) in [6, 6.07) is 5.10. The molecule has 0 spiro atoms. The Morgan fingerprint density at radius 1 is 1.40 bits per heavy atom. The van der Waals surface area contributed by atoms with E-state index in [0.29, 0.717) is 5.56 Å². The third-order valence-electron chi connectivity index (χ3n) is 2.58. The van der Waals surface area contributed by atoms with Crippen LogP contribution in [0.1, 0.15) is 43.4 Å². The first-order chi connectivity index (χ1) is 6.66. The first kappa shape index (κ1) is 14.4. The second-order valence-corrected chi connectivity index (χ2v) is 3.70. The number of benzene rings is 1. The SMILES string of the molecule is CCCC[C@@H](N)c1cccc(F)c1C.Cl. The van der Waals surface area contributed by atoms with Crippen LogP contribution in [0, 0.1) is 12.7 Å². The Morgan fingerprint density at radius 2 is 2.07 bits per heavy atom. The van der Waals surface area contributed by atoms with Crippen LogP contribution in [0.5, 0.6) is 0 Å². The second kappa shape index (κ2) is 6.81. The van der Waals surface area contributed by atoms with E-state index in [1.165, 1.54) is 6.07 Å². The van der Waals surface area contributed by atoms with E-state index in [0.717, 1.165) is 24.8 Å². The highest BCUT2D eigenvalue weighted by Crippen LogP contribution is 2.21. The normalized spacial score (nSPS) is 12.0. The van der Waals surface area contributed by atoms with Gasteiger partial charge in [0, 0.05) is 6.04 Å². The van der Waals surface area contributed by atoms with E-state index in [1.54, 1.807) is 13.0 Å². The van der Waals surface area contributed by atoms with Gasteiger partial charge in [0.1, 0.15) is 5.82 Å². The summed E-state index contributed by atoms with van der Waals surface area (Å²) in [5.41, 5.74) is 7.62. The summed E-state index contributed by atoms with van der Waals surface area (Å²) < 4.78 is 13.2. The third-order valence-corrected chi connectivity index (χ3v) is 2.58. The van der Waals surface area contributed by atoms with Crippen LogP contribution in [0.2, 0.25) is 0 Å². The van der Waals surface area contributed by atoms with Crippen LogP contribution in [0.3, 0.4) is 0 Å². The van der Waals surface area contributed by atoms with Crippen LogP contribution in [0.25, 0.3) is 0 Å². The standard InChI is InChI=1S/C12H18FN.ClH/c1-3-4-8-12(14)10-6-5-7-11(13)9(10)2;/h5-7,12H,3-4,8,14H2,1-2H3;1H/t12-;/m1./s1. The summed E-state index contributed by atoms with van der Waals surface area (Å²) >= 11 is 0. The summed E-state index contributed by atoms with van der Waals surface area (Å²) in [6.07, 6.45) is 3.15. The molecule has 0 unspecified atom stereocenters. The van der Waals surface area contributed by atoms with Gasteiger partial charge in [-0.15, -0.1) is 12.4 Å². The van der Waals surface area contributed by atoms with Gasteiger partial charge in [-0.2, -0.15) is 0 Å². The van der Waals surface area contributed by atoms with Crippen LogP contribution in [0.4, 0.5) is 4.39 Å². The molecule has 0 heterocycles. The van der Waals surface area contributed by atoms with Crippen molar-refractivity contribution in [1.29, 1.82) is 0 Å². The van der Waals surface area contributed by atoms with Gasteiger partial charge >= 0.3 is 0 Å². The van der Waals surface area contributed by atoms with Crippen molar-refractivity contribution in [2.75, 3.05) is 0 Å². The molecule has 1 atom stereocenters. The number of nitrogens with two attached hydrogens (primary N) is 1. The quantitative estimate of drug-likeness (QED) is 0.839. The zero-order chi connectivity index (χ0) is 10.6. The smallest absolute Gasteiger partial charge is 0.126 e. The van der Waals surface area contributed by atoms with Crippen LogP contribution in [-0.4, -0.2) is 0 Å². The molecule has 1 aromatic rings. The van der Waals surface area contributed by atoms with Gasteiger partial charge in [-0.25, -0.2) is 4.39 Å². The Balaban J connectivity index is 0.00000196. The van der Waals surface area contributed by atoms with E-state index in [-0.39, 0.29) is 24.3 Å². The molecule has 0 aromatic heterocycles. The molecule has 0 aliphatic carbocycles. The Hall–Kier alpha value is -0.600.